The Kier molecular flexibility index (Phi) is 9.48. The van der Waals surface area contributed by atoms with E-state index in [0.29, 0.717) is 37.6 Å². The molecule has 2 aliphatic rings. The Morgan fingerprint density at radius 3 is 2.54 bits per heavy atom. The smallest absolute Gasteiger partial charge is 0.242 e. The summed E-state index contributed by atoms with van der Waals surface area (Å²) in [5, 5.41) is 11.6. The highest BCUT2D eigenvalue weighted by atomic mass is 19.1. The Balaban J connectivity index is 1.47. The largest absolute Gasteiger partial charge is 0.492 e. The lowest BCUT2D eigenvalue weighted by atomic mass is 10.0. The van der Waals surface area contributed by atoms with E-state index in [0.717, 1.165) is 37.0 Å². The fourth-order valence-electron chi connectivity index (χ4n) is 4.47. The van der Waals surface area contributed by atoms with Crippen LogP contribution in [0.5, 0.6) is 5.75 Å². The molecular weight excluding hydrogens is 475 g/mol. The number of hydrogen-bond acceptors (Lipinski definition) is 5. The lowest BCUT2D eigenvalue weighted by molar-refractivity contribution is -0.130. The van der Waals surface area contributed by atoms with Crippen molar-refractivity contribution in [3.8, 4) is 5.75 Å². The topological polar surface area (TPSA) is 109 Å². The van der Waals surface area contributed by atoms with Crippen LogP contribution in [0.1, 0.15) is 36.8 Å². The fraction of sp³-hybridized carbons (Fsp3) is 0.464. The van der Waals surface area contributed by atoms with Crippen molar-refractivity contribution < 1.29 is 23.5 Å². The van der Waals surface area contributed by atoms with Crippen molar-refractivity contribution in [1.29, 1.82) is 0 Å². The molecule has 1 aliphatic carbocycles. The minimum Gasteiger partial charge on any atom is -0.492 e. The van der Waals surface area contributed by atoms with Crippen LogP contribution in [-0.2, 0) is 27.2 Å². The Bertz CT molecular complexity index is 1090. The van der Waals surface area contributed by atoms with Crippen molar-refractivity contribution in [2.75, 3.05) is 26.2 Å². The first-order valence-corrected chi connectivity index (χ1v) is 13.0. The summed E-state index contributed by atoms with van der Waals surface area (Å²) < 4.78 is 19.7. The van der Waals surface area contributed by atoms with Crippen LogP contribution in [0.3, 0.4) is 0 Å². The predicted molar refractivity (Wildman–Crippen MR) is 137 cm³/mol. The summed E-state index contributed by atoms with van der Waals surface area (Å²) in [5.74, 6) is -0.185. The number of halogens is 1. The minimum atomic E-state index is -0.696. The molecule has 1 saturated carbocycles. The lowest BCUT2D eigenvalue weighted by Gasteiger charge is -2.21. The van der Waals surface area contributed by atoms with Gasteiger partial charge in [-0.2, -0.15) is 0 Å². The van der Waals surface area contributed by atoms with Gasteiger partial charge in [0, 0.05) is 13.1 Å². The summed E-state index contributed by atoms with van der Waals surface area (Å²) in [6, 6.07) is 12.5. The highest BCUT2D eigenvalue weighted by molar-refractivity contribution is 5.91. The van der Waals surface area contributed by atoms with E-state index < -0.39 is 18.0 Å². The molecule has 2 aromatic rings. The number of ether oxygens (including phenoxy) is 1. The third-order valence-electron chi connectivity index (χ3n) is 6.63. The van der Waals surface area contributed by atoms with Gasteiger partial charge in [0.2, 0.25) is 17.7 Å². The first-order chi connectivity index (χ1) is 18.0. The van der Waals surface area contributed by atoms with Gasteiger partial charge in [-0.25, -0.2) is 4.39 Å². The molecule has 0 radical (unpaired) electrons. The maximum Gasteiger partial charge on any atom is 0.242 e. The zero-order valence-electron chi connectivity index (χ0n) is 20.9. The van der Waals surface area contributed by atoms with Gasteiger partial charge in [-0.3, -0.25) is 14.4 Å². The molecular formula is C28H35FN4O4. The molecule has 4 N–H and O–H groups in total. The summed E-state index contributed by atoms with van der Waals surface area (Å²) in [4.78, 5) is 38.5. The number of para-hydroxylation sites is 1. The number of amides is 3. The second kappa shape index (κ2) is 13.2. The van der Waals surface area contributed by atoms with Crippen molar-refractivity contribution in [2.24, 2.45) is 5.92 Å². The SMILES string of the molecule is O=C1CNC(=O)[C@@H](Cc2cccc(F)c2)NCCOc2ccccc2CCCNC(=O)[C@H](CC2CC2)N1. The van der Waals surface area contributed by atoms with Gasteiger partial charge in [0.05, 0.1) is 12.6 Å². The Morgan fingerprint density at radius 1 is 0.919 bits per heavy atom. The van der Waals surface area contributed by atoms with Gasteiger partial charge in [0.1, 0.15) is 24.2 Å². The molecule has 0 unspecified atom stereocenters. The van der Waals surface area contributed by atoms with Crippen LogP contribution in [-0.4, -0.2) is 56.0 Å². The number of aryl methyl sites for hydroxylation is 1. The molecule has 2 aromatic carbocycles. The molecule has 4 rings (SSSR count). The number of fused-ring (bicyclic) bond motifs is 1. The average molecular weight is 511 g/mol. The summed E-state index contributed by atoms with van der Waals surface area (Å²) in [5.41, 5.74) is 1.70. The van der Waals surface area contributed by atoms with Crippen LogP contribution in [0.4, 0.5) is 4.39 Å². The minimum absolute atomic E-state index is 0.206. The number of nitrogens with one attached hydrogen (secondary N) is 4. The van der Waals surface area contributed by atoms with Crippen LogP contribution >= 0.6 is 0 Å². The van der Waals surface area contributed by atoms with Gasteiger partial charge in [0.15, 0.2) is 0 Å². The molecule has 0 saturated heterocycles. The third kappa shape index (κ3) is 8.56. The van der Waals surface area contributed by atoms with Crippen LogP contribution < -0.4 is 26.0 Å². The van der Waals surface area contributed by atoms with E-state index in [1.54, 1.807) is 12.1 Å². The van der Waals surface area contributed by atoms with E-state index in [2.05, 4.69) is 21.3 Å². The quantitative estimate of drug-likeness (QED) is 0.502. The third-order valence-corrected chi connectivity index (χ3v) is 6.63. The molecule has 3 amide bonds. The predicted octanol–water partition coefficient (Wildman–Crippen LogP) is 1.87. The number of benzene rings is 2. The van der Waals surface area contributed by atoms with Gasteiger partial charge in [-0.05, 0) is 60.9 Å². The fourth-order valence-corrected chi connectivity index (χ4v) is 4.47. The number of hydrogen-bond donors (Lipinski definition) is 4. The zero-order chi connectivity index (χ0) is 26.0. The summed E-state index contributed by atoms with van der Waals surface area (Å²) >= 11 is 0. The second-order valence-electron chi connectivity index (χ2n) is 9.71. The maximum atomic E-state index is 13.7. The normalized spacial score (nSPS) is 22.4. The lowest BCUT2D eigenvalue weighted by Crippen LogP contribution is -2.52. The Hall–Kier alpha value is -3.46. The van der Waals surface area contributed by atoms with E-state index in [-0.39, 0.29) is 30.6 Å². The van der Waals surface area contributed by atoms with E-state index in [9.17, 15) is 18.8 Å². The standard InChI is InChI=1S/C28H35FN4O4/c29-22-8-3-5-20(15-22)17-23-27(35)32-18-26(34)33-24(16-19-10-11-19)28(36)31-12-4-7-21-6-1-2-9-25(21)37-14-13-30-23/h1-3,5-6,8-9,15,19,23-24,30H,4,7,10-14,16-18H2,(H,31,36)(H,32,35)(H,33,34)/t23-,24+/m1/s1. The second-order valence-corrected chi connectivity index (χ2v) is 9.71. The molecule has 1 fully saturated rings. The monoisotopic (exact) mass is 510 g/mol. The first-order valence-electron chi connectivity index (χ1n) is 13.0. The van der Waals surface area contributed by atoms with Crippen molar-refractivity contribution in [1.82, 2.24) is 21.3 Å². The molecule has 198 valence electrons. The molecule has 8 nitrogen and oxygen atoms in total. The van der Waals surface area contributed by atoms with E-state index in [1.165, 1.54) is 12.1 Å². The molecule has 2 atom stereocenters. The van der Waals surface area contributed by atoms with Crippen molar-refractivity contribution in [2.45, 2.75) is 50.6 Å². The number of carbonyl (C=O) groups is 3. The molecule has 0 aromatic heterocycles. The molecule has 37 heavy (non-hydrogen) atoms. The Labute approximate surface area is 216 Å². The number of carbonyl (C=O) groups excluding carboxylic acids is 3. The van der Waals surface area contributed by atoms with E-state index in [4.69, 9.17) is 4.74 Å². The molecule has 1 aliphatic heterocycles. The summed E-state index contributed by atoms with van der Waals surface area (Å²) in [6.45, 7) is 0.945. The Morgan fingerprint density at radius 2 is 1.73 bits per heavy atom. The average Bonchev–Trinajstić information content (AvgIpc) is 3.71. The van der Waals surface area contributed by atoms with Crippen molar-refractivity contribution in [3.05, 3.63) is 65.5 Å². The molecule has 1 heterocycles. The first kappa shape index (κ1) is 26.6. The van der Waals surface area contributed by atoms with Crippen molar-refractivity contribution >= 4 is 17.7 Å². The maximum absolute atomic E-state index is 13.7. The van der Waals surface area contributed by atoms with E-state index >= 15 is 0 Å². The number of rotatable bonds is 4. The summed E-state index contributed by atoms with van der Waals surface area (Å²) in [7, 11) is 0. The van der Waals surface area contributed by atoms with Crippen LogP contribution in [0, 0.1) is 11.7 Å². The highest BCUT2D eigenvalue weighted by Gasteiger charge is 2.30. The zero-order valence-corrected chi connectivity index (χ0v) is 20.9. The van der Waals surface area contributed by atoms with Gasteiger partial charge in [-0.15, -0.1) is 0 Å². The van der Waals surface area contributed by atoms with Gasteiger partial charge in [0.25, 0.3) is 0 Å². The van der Waals surface area contributed by atoms with Crippen molar-refractivity contribution in [3.63, 3.8) is 0 Å². The molecule has 0 spiro atoms. The van der Waals surface area contributed by atoms with Crippen LogP contribution in [0.15, 0.2) is 48.5 Å². The molecule has 0 bridgehead atoms. The van der Waals surface area contributed by atoms with Crippen LogP contribution in [0.2, 0.25) is 0 Å². The van der Waals surface area contributed by atoms with E-state index in [1.807, 2.05) is 24.3 Å². The van der Waals surface area contributed by atoms with Crippen LogP contribution in [0.25, 0.3) is 0 Å². The summed E-state index contributed by atoms with van der Waals surface area (Å²) in [6.07, 6.45) is 4.41. The van der Waals surface area contributed by atoms with Gasteiger partial charge < -0.3 is 26.0 Å². The highest BCUT2D eigenvalue weighted by Crippen LogP contribution is 2.33. The van der Waals surface area contributed by atoms with Gasteiger partial charge >= 0.3 is 0 Å². The molecule has 9 heteroatoms. The van der Waals surface area contributed by atoms with Gasteiger partial charge in [-0.1, -0.05) is 43.2 Å².